The van der Waals surface area contributed by atoms with E-state index in [-0.39, 0.29) is 5.91 Å². The predicted octanol–water partition coefficient (Wildman–Crippen LogP) is 3.15. The van der Waals surface area contributed by atoms with Crippen molar-refractivity contribution in [3.05, 3.63) is 53.1 Å². The van der Waals surface area contributed by atoms with Crippen LogP contribution in [0.3, 0.4) is 0 Å². The Balaban J connectivity index is 2.25. The number of hydrogen-bond acceptors (Lipinski definition) is 3. The lowest BCUT2D eigenvalue weighted by Gasteiger charge is -2.11. The van der Waals surface area contributed by atoms with Gasteiger partial charge in [-0.05, 0) is 37.6 Å². The van der Waals surface area contributed by atoms with E-state index in [2.05, 4.69) is 5.32 Å². The first-order chi connectivity index (χ1) is 9.51. The molecular formula is C16H18N2O2. The van der Waals surface area contributed by atoms with Gasteiger partial charge in [0.25, 0.3) is 5.91 Å². The zero-order valence-electron chi connectivity index (χ0n) is 11.9. The van der Waals surface area contributed by atoms with Gasteiger partial charge in [-0.25, -0.2) is 0 Å². The highest BCUT2D eigenvalue weighted by Gasteiger charge is 2.11. The molecule has 0 atom stereocenters. The largest absolute Gasteiger partial charge is 0.497 e. The zero-order valence-corrected chi connectivity index (χ0v) is 11.9. The maximum atomic E-state index is 12.3. The van der Waals surface area contributed by atoms with E-state index in [1.54, 1.807) is 25.3 Å². The van der Waals surface area contributed by atoms with Gasteiger partial charge in [-0.3, -0.25) is 4.79 Å². The molecule has 104 valence electrons. The van der Waals surface area contributed by atoms with Gasteiger partial charge in [0, 0.05) is 11.6 Å². The number of benzene rings is 2. The summed E-state index contributed by atoms with van der Waals surface area (Å²) in [5, 5.41) is 2.83. The van der Waals surface area contributed by atoms with Crippen LogP contribution < -0.4 is 15.8 Å². The minimum Gasteiger partial charge on any atom is -0.497 e. The van der Waals surface area contributed by atoms with Gasteiger partial charge < -0.3 is 15.8 Å². The molecule has 2 aromatic rings. The summed E-state index contributed by atoms with van der Waals surface area (Å²) in [5.74, 6) is 0.496. The number of nitrogens with two attached hydrogens (primary N) is 1. The van der Waals surface area contributed by atoms with Gasteiger partial charge in [0.05, 0.1) is 18.5 Å². The SMILES string of the molecule is COc1ccc(NC(=O)c2cc(C)ccc2C)c(N)c1. The summed E-state index contributed by atoms with van der Waals surface area (Å²) in [7, 11) is 1.57. The Morgan fingerprint density at radius 1 is 1.15 bits per heavy atom. The standard InChI is InChI=1S/C16H18N2O2/c1-10-4-5-11(2)13(8-10)16(19)18-15-7-6-12(20-3)9-14(15)17/h4-9H,17H2,1-3H3,(H,18,19). The maximum absolute atomic E-state index is 12.3. The summed E-state index contributed by atoms with van der Waals surface area (Å²) in [6, 6.07) is 10.9. The lowest BCUT2D eigenvalue weighted by atomic mass is 10.0. The molecule has 0 unspecified atom stereocenters. The molecule has 0 aliphatic heterocycles. The molecule has 0 saturated heterocycles. The highest BCUT2D eigenvalue weighted by molar-refractivity contribution is 6.06. The van der Waals surface area contributed by atoms with E-state index in [1.807, 2.05) is 32.0 Å². The third-order valence-electron chi connectivity index (χ3n) is 3.14. The number of amides is 1. The second-order valence-corrected chi connectivity index (χ2v) is 4.73. The molecule has 0 aromatic heterocycles. The van der Waals surface area contributed by atoms with Crippen LogP contribution in [0.1, 0.15) is 21.5 Å². The third-order valence-corrected chi connectivity index (χ3v) is 3.14. The highest BCUT2D eigenvalue weighted by atomic mass is 16.5. The van der Waals surface area contributed by atoms with Crippen LogP contribution in [0.2, 0.25) is 0 Å². The summed E-state index contributed by atoms with van der Waals surface area (Å²) < 4.78 is 5.08. The maximum Gasteiger partial charge on any atom is 0.255 e. The van der Waals surface area contributed by atoms with Crippen molar-refractivity contribution in [1.82, 2.24) is 0 Å². The molecule has 0 aliphatic rings. The van der Waals surface area contributed by atoms with Gasteiger partial charge in [0.15, 0.2) is 0 Å². The van der Waals surface area contributed by atoms with Crippen molar-refractivity contribution in [3.63, 3.8) is 0 Å². The molecule has 2 aromatic carbocycles. The van der Waals surface area contributed by atoms with Crippen molar-refractivity contribution in [2.75, 3.05) is 18.2 Å². The highest BCUT2D eigenvalue weighted by Crippen LogP contribution is 2.25. The van der Waals surface area contributed by atoms with Crippen molar-refractivity contribution in [2.24, 2.45) is 0 Å². The molecular weight excluding hydrogens is 252 g/mol. The predicted molar refractivity (Wildman–Crippen MR) is 81.3 cm³/mol. The molecule has 3 N–H and O–H groups in total. The van der Waals surface area contributed by atoms with E-state index in [9.17, 15) is 4.79 Å². The smallest absolute Gasteiger partial charge is 0.255 e. The number of hydrogen-bond donors (Lipinski definition) is 2. The minimum absolute atomic E-state index is 0.164. The van der Waals surface area contributed by atoms with Crippen LogP contribution in [-0.4, -0.2) is 13.0 Å². The van der Waals surface area contributed by atoms with Crippen LogP contribution in [0.4, 0.5) is 11.4 Å². The molecule has 0 saturated carbocycles. The van der Waals surface area contributed by atoms with Gasteiger partial charge in [0.2, 0.25) is 0 Å². The number of aryl methyl sites for hydroxylation is 2. The average Bonchev–Trinajstić information content (AvgIpc) is 2.43. The van der Waals surface area contributed by atoms with Crippen molar-refractivity contribution < 1.29 is 9.53 Å². The van der Waals surface area contributed by atoms with Gasteiger partial charge in [-0.15, -0.1) is 0 Å². The van der Waals surface area contributed by atoms with Crippen molar-refractivity contribution >= 4 is 17.3 Å². The monoisotopic (exact) mass is 270 g/mol. The Hall–Kier alpha value is -2.49. The van der Waals surface area contributed by atoms with Gasteiger partial charge >= 0.3 is 0 Å². The number of ether oxygens (including phenoxy) is 1. The van der Waals surface area contributed by atoms with E-state index in [0.717, 1.165) is 11.1 Å². The van der Waals surface area contributed by atoms with E-state index in [4.69, 9.17) is 10.5 Å². The second kappa shape index (κ2) is 5.65. The number of anilines is 2. The molecule has 1 amide bonds. The van der Waals surface area contributed by atoms with E-state index in [0.29, 0.717) is 22.7 Å². The fourth-order valence-corrected chi connectivity index (χ4v) is 1.95. The van der Waals surface area contributed by atoms with Crippen molar-refractivity contribution in [2.45, 2.75) is 13.8 Å². The summed E-state index contributed by atoms with van der Waals surface area (Å²) in [6.45, 7) is 3.86. The average molecular weight is 270 g/mol. The van der Waals surface area contributed by atoms with Crippen LogP contribution in [0.5, 0.6) is 5.75 Å². The number of carbonyl (C=O) groups excluding carboxylic acids is 1. The number of nitrogens with one attached hydrogen (secondary N) is 1. The van der Waals surface area contributed by atoms with Crippen LogP contribution >= 0.6 is 0 Å². The first kappa shape index (κ1) is 13.9. The van der Waals surface area contributed by atoms with Crippen molar-refractivity contribution in [3.8, 4) is 5.75 Å². The Morgan fingerprint density at radius 3 is 2.55 bits per heavy atom. The fourth-order valence-electron chi connectivity index (χ4n) is 1.95. The van der Waals surface area contributed by atoms with Crippen molar-refractivity contribution in [1.29, 1.82) is 0 Å². The van der Waals surface area contributed by atoms with Crippen LogP contribution in [0.15, 0.2) is 36.4 Å². The Labute approximate surface area is 118 Å². The number of nitrogen functional groups attached to an aromatic ring is 1. The molecule has 20 heavy (non-hydrogen) atoms. The summed E-state index contributed by atoms with van der Waals surface area (Å²) in [5.41, 5.74) is 9.58. The lowest BCUT2D eigenvalue weighted by molar-refractivity contribution is 0.102. The van der Waals surface area contributed by atoms with Crippen LogP contribution in [0, 0.1) is 13.8 Å². The lowest BCUT2D eigenvalue weighted by Crippen LogP contribution is -2.14. The van der Waals surface area contributed by atoms with Gasteiger partial charge in [-0.2, -0.15) is 0 Å². The number of rotatable bonds is 3. The Kier molecular flexibility index (Phi) is 3.94. The molecule has 0 bridgehead atoms. The Bertz CT molecular complexity index is 651. The van der Waals surface area contributed by atoms with E-state index < -0.39 is 0 Å². The van der Waals surface area contributed by atoms with Gasteiger partial charge in [0.1, 0.15) is 5.75 Å². The number of carbonyl (C=O) groups is 1. The first-order valence-corrected chi connectivity index (χ1v) is 6.33. The molecule has 4 nitrogen and oxygen atoms in total. The zero-order chi connectivity index (χ0) is 14.7. The molecule has 4 heteroatoms. The quantitative estimate of drug-likeness (QED) is 0.842. The fraction of sp³-hybridized carbons (Fsp3) is 0.188. The van der Waals surface area contributed by atoms with E-state index >= 15 is 0 Å². The molecule has 0 heterocycles. The third kappa shape index (κ3) is 2.91. The summed E-state index contributed by atoms with van der Waals surface area (Å²) >= 11 is 0. The molecule has 0 radical (unpaired) electrons. The summed E-state index contributed by atoms with van der Waals surface area (Å²) in [6.07, 6.45) is 0. The minimum atomic E-state index is -0.164. The van der Waals surface area contributed by atoms with Crippen LogP contribution in [-0.2, 0) is 0 Å². The topological polar surface area (TPSA) is 64.3 Å². The molecule has 2 rings (SSSR count). The molecule has 0 fully saturated rings. The number of methoxy groups -OCH3 is 1. The molecule has 0 spiro atoms. The molecule has 0 aliphatic carbocycles. The normalized spacial score (nSPS) is 10.2. The van der Waals surface area contributed by atoms with E-state index in [1.165, 1.54) is 0 Å². The van der Waals surface area contributed by atoms with Gasteiger partial charge in [-0.1, -0.05) is 17.7 Å². The second-order valence-electron chi connectivity index (χ2n) is 4.73. The summed E-state index contributed by atoms with van der Waals surface area (Å²) in [4.78, 5) is 12.3. The Morgan fingerprint density at radius 2 is 1.90 bits per heavy atom. The first-order valence-electron chi connectivity index (χ1n) is 6.33. The van der Waals surface area contributed by atoms with Crippen LogP contribution in [0.25, 0.3) is 0 Å².